The van der Waals surface area contributed by atoms with Gasteiger partial charge in [-0.2, -0.15) is 4.98 Å². The summed E-state index contributed by atoms with van der Waals surface area (Å²) >= 11 is 5.01. The van der Waals surface area contributed by atoms with Crippen LogP contribution in [0.1, 0.15) is 5.82 Å². The fraction of sp³-hybridized carbons (Fsp3) is 0.111. The zero-order chi connectivity index (χ0) is 11.4. The Morgan fingerprint density at radius 2 is 2.12 bits per heavy atom. The van der Waals surface area contributed by atoms with Crippen molar-refractivity contribution in [3.05, 3.63) is 34.6 Å². The van der Waals surface area contributed by atoms with E-state index in [1.165, 1.54) is 0 Å². The molecule has 1 aromatic carbocycles. The second-order valence-electron chi connectivity index (χ2n) is 2.90. The molecule has 7 heteroatoms. The van der Waals surface area contributed by atoms with Gasteiger partial charge in [-0.3, -0.25) is 5.43 Å². The first kappa shape index (κ1) is 11.4. The largest absolute Gasteiger partial charge is 0.335 e. The Labute approximate surface area is 105 Å². The molecule has 1 heterocycles. The molecule has 0 amide bonds. The Kier molecular flexibility index (Phi) is 3.81. The topological polar surface area (TPSA) is 77.0 Å². The van der Waals surface area contributed by atoms with Crippen LogP contribution in [0.3, 0.4) is 0 Å². The number of nitrogens with zero attached hydrogens (tertiary/aromatic N) is 2. The number of nitrogens with one attached hydrogen (secondary N) is 1. The highest BCUT2D eigenvalue weighted by atomic mass is 79.9. The van der Waals surface area contributed by atoms with Crippen molar-refractivity contribution in [1.82, 2.24) is 10.1 Å². The second-order valence-corrected chi connectivity index (χ2v) is 4.87. The zero-order valence-corrected chi connectivity index (χ0v) is 10.6. The number of nitrogen functional groups attached to an aromatic ring is 1. The molecule has 0 fully saturated rings. The first-order valence-electron chi connectivity index (χ1n) is 4.45. The summed E-state index contributed by atoms with van der Waals surface area (Å²) in [7, 11) is 0. The summed E-state index contributed by atoms with van der Waals surface area (Å²) in [5, 5.41) is 3.76. The lowest BCUT2D eigenvalue weighted by atomic mass is 10.4. The molecule has 0 saturated heterocycles. The van der Waals surface area contributed by atoms with Crippen molar-refractivity contribution < 1.29 is 4.52 Å². The van der Waals surface area contributed by atoms with E-state index < -0.39 is 0 Å². The SMILES string of the molecule is NNc1nc(CSc2ccc(Br)cc2)no1. The monoisotopic (exact) mass is 300 g/mol. The van der Waals surface area contributed by atoms with Crippen molar-refractivity contribution in [3.63, 3.8) is 0 Å². The normalized spacial score (nSPS) is 10.4. The third kappa shape index (κ3) is 2.97. The maximum absolute atomic E-state index is 5.13. The Bertz CT molecular complexity index is 459. The molecule has 2 rings (SSSR count). The number of rotatable bonds is 4. The minimum absolute atomic E-state index is 0.228. The van der Waals surface area contributed by atoms with Gasteiger partial charge in [0.15, 0.2) is 5.82 Å². The fourth-order valence-electron chi connectivity index (χ4n) is 1.05. The van der Waals surface area contributed by atoms with Gasteiger partial charge in [0, 0.05) is 9.37 Å². The lowest BCUT2D eigenvalue weighted by Crippen LogP contribution is -2.06. The molecule has 5 nitrogen and oxygen atoms in total. The lowest BCUT2D eigenvalue weighted by Gasteiger charge is -1.97. The van der Waals surface area contributed by atoms with E-state index >= 15 is 0 Å². The number of thioether (sulfide) groups is 1. The van der Waals surface area contributed by atoms with Gasteiger partial charge >= 0.3 is 6.01 Å². The second kappa shape index (κ2) is 5.33. The molecular formula is C9H9BrN4OS. The average Bonchev–Trinajstić information content (AvgIpc) is 2.76. The van der Waals surface area contributed by atoms with Gasteiger partial charge < -0.3 is 4.52 Å². The molecule has 0 aliphatic heterocycles. The van der Waals surface area contributed by atoms with Gasteiger partial charge in [0.25, 0.3) is 0 Å². The molecule has 84 valence electrons. The predicted octanol–water partition coefficient (Wildman–Crippen LogP) is 2.41. The quantitative estimate of drug-likeness (QED) is 0.513. The van der Waals surface area contributed by atoms with Crippen LogP contribution in [0.5, 0.6) is 0 Å². The Morgan fingerprint density at radius 1 is 1.38 bits per heavy atom. The number of aromatic nitrogens is 2. The standard InChI is InChI=1S/C9H9BrN4OS/c10-6-1-3-7(4-2-6)16-5-8-12-9(13-11)15-14-8/h1-4H,5,11H2,(H,12,13,14). The van der Waals surface area contributed by atoms with Crippen LogP contribution in [0.4, 0.5) is 6.01 Å². The molecule has 0 bridgehead atoms. The smallest absolute Gasteiger partial charge is 0.314 e. The molecule has 0 atom stereocenters. The number of hydrogen-bond acceptors (Lipinski definition) is 6. The van der Waals surface area contributed by atoms with E-state index in [1.807, 2.05) is 24.3 Å². The van der Waals surface area contributed by atoms with Crippen LogP contribution in [0.2, 0.25) is 0 Å². The van der Waals surface area contributed by atoms with E-state index in [2.05, 4.69) is 31.5 Å². The van der Waals surface area contributed by atoms with E-state index in [4.69, 9.17) is 10.4 Å². The minimum Gasteiger partial charge on any atom is -0.314 e. The molecular weight excluding hydrogens is 292 g/mol. The molecule has 0 aliphatic carbocycles. The van der Waals surface area contributed by atoms with Crippen molar-refractivity contribution in [2.45, 2.75) is 10.6 Å². The van der Waals surface area contributed by atoms with Crippen molar-refractivity contribution >= 4 is 33.7 Å². The summed E-state index contributed by atoms with van der Waals surface area (Å²) in [5.41, 5.74) is 2.30. The summed E-state index contributed by atoms with van der Waals surface area (Å²) in [4.78, 5) is 5.17. The molecule has 0 saturated carbocycles. The minimum atomic E-state index is 0.228. The van der Waals surface area contributed by atoms with Crippen LogP contribution in [-0.4, -0.2) is 10.1 Å². The molecule has 2 aromatic rings. The maximum Gasteiger partial charge on any atom is 0.335 e. The first-order chi connectivity index (χ1) is 7.78. The van der Waals surface area contributed by atoms with Gasteiger partial charge in [-0.15, -0.1) is 11.8 Å². The highest BCUT2D eigenvalue weighted by Gasteiger charge is 2.04. The van der Waals surface area contributed by atoms with Crippen LogP contribution < -0.4 is 11.3 Å². The van der Waals surface area contributed by atoms with Gasteiger partial charge in [-0.25, -0.2) is 5.84 Å². The number of anilines is 1. The molecule has 0 aliphatic rings. The molecule has 1 aromatic heterocycles. The summed E-state index contributed by atoms with van der Waals surface area (Å²) < 4.78 is 5.86. The van der Waals surface area contributed by atoms with Crippen molar-refractivity contribution in [2.75, 3.05) is 5.43 Å². The van der Waals surface area contributed by atoms with Gasteiger partial charge in [0.2, 0.25) is 0 Å². The average molecular weight is 301 g/mol. The Hall–Kier alpha value is -1.05. The summed E-state index contributed by atoms with van der Waals surface area (Å²) in [6.07, 6.45) is 0. The van der Waals surface area contributed by atoms with Gasteiger partial charge in [0.05, 0.1) is 5.75 Å². The van der Waals surface area contributed by atoms with Crippen LogP contribution in [0.25, 0.3) is 0 Å². The third-order valence-corrected chi connectivity index (χ3v) is 3.31. The summed E-state index contributed by atoms with van der Waals surface area (Å²) in [6.45, 7) is 0. The van der Waals surface area contributed by atoms with E-state index in [0.29, 0.717) is 11.6 Å². The van der Waals surface area contributed by atoms with Crippen LogP contribution in [0.15, 0.2) is 38.2 Å². The Balaban J connectivity index is 1.94. The number of hydrogen-bond donors (Lipinski definition) is 2. The first-order valence-corrected chi connectivity index (χ1v) is 6.23. The van der Waals surface area contributed by atoms with Crippen molar-refractivity contribution in [2.24, 2.45) is 5.84 Å². The molecule has 3 N–H and O–H groups in total. The fourth-order valence-corrected chi connectivity index (χ4v) is 2.06. The summed E-state index contributed by atoms with van der Waals surface area (Å²) in [6, 6.07) is 8.26. The van der Waals surface area contributed by atoms with Crippen molar-refractivity contribution in [3.8, 4) is 0 Å². The lowest BCUT2D eigenvalue weighted by molar-refractivity contribution is 0.425. The molecule has 0 spiro atoms. The van der Waals surface area contributed by atoms with E-state index in [0.717, 1.165) is 9.37 Å². The maximum atomic E-state index is 5.13. The van der Waals surface area contributed by atoms with Crippen molar-refractivity contribution in [1.29, 1.82) is 0 Å². The highest BCUT2D eigenvalue weighted by Crippen LogP contribution is 2.23. The number of nitrogens with two attached hydrogens (primary N) is 1. The van der Waals surface area contributed by atoms with Gasteiger partial charge in [-0.1, -0.05) is 21.1 Å². The summed E-state index contributed by atoms with van der Waals surface area (Å²) in [5.74, 6) is 6.39. The van der Waals surface area contributed by atoms with Gasteiger partial charge in [0.1, 0.15) is 0 Å². The molecule has 0 radical (unpaired) electrons. The highest BCUT2D eigenvalue weighted by molar-refractivity contribution is 9.10. The zero-order valence-electron chi connectivity index (χ0n) is 8.18. The van der Waals surface area contributed by atoms with E-state index in [-0.39, 0.29) is 6.01 Å². The van der Waals surface area contributed by atoms with Gasteiger partial charge in [-0.05, 0) is 24.3 Å². The Morgan fingerprint density at radius 3 is 2.75 bits per heavy atom. The predicted molar refractivity (Wildman–Crippen MR) is 65.8 cm³/mol. The van der Waals surface area contributed by atoms with E-state index in [1.54, 1.807) is 11.8 Å². The van der Waals surface area contributed by atoms with Crippen LogP contribution in [0, 0.1) is 0 Å². The van der Waals surface area contributed by atoms with Crippen LogP contribution in [-0.2, 0) is 5.75 Å². The van der Waals surface area contributed by atoms with E-state index in [9.17, 15) is 0 Å². The number of benzene rings is 1. The number of halogens is 1. The van der Waals surface area contributed by atoms with Crippen LogP contribution >= 0.6 is 27.7 Å². The molecule has 16 heavy (non-hydrogen) atoms. The molecule has 0 unspecified atom stereocenters. The third-order valence-electron chi connectivity index (χ3n) is 1.77. The number of hydrazine groups is 1.